The first-order chi connectivity index (χ1) is 17.1. The Morgan fingerprint density at radius 3 is 2.37 bits per heavy atom. The van der Waals surface area contributed by atoms with E-state index in [4.69, 9.17) is 9.47 Å². The molecular formula is C26H30N4O4S. The van der Waals surface area contributed by atoms with Crippen LogP contribution in [0.25, 0.3) is 0 Å². The van der Waals surface area contributed by atoms with Gasteiger partial charge in [0.25, 0.3) is 0 Å². The van der Waals surface area contributed by atoms with Crippen LogP contribution in [0.15, 0.2) is 72.1 Å². The number of rotatable bonds is 8. The number of aromatic nitrogens is 2. The van der Waals surface area contributed by atoms with Crippen LogP contribution in [0.4, 0.5) is 10.5 Å². The third kappa shape index (κ3) is 6.58. The largest absolute Gasteiger partial charge is 0.392 e. The van der Waals surface area contributed by atoms with Crippen LogP contribution in [-0.4, -0.2) is 39.5 Å². The molecule has 3 aromatic rings. The van der Waals surface area contributed by atoms with Crippen LogP contribution in [0.1, 0.15) is 42.9 Å². The smallest absolute Gasteiger partial charge is 0.319 e. The van der Waals surface area contributed by atoms with Gasteiger partial charge in [-0.05, 0) is 36.2 Å². The lowest BCUT2D eigenvalue weighted by Crippen LogP contribution is -2.38. The van der Waals surface area contributed by atoms with Gasteiger partial charge in [0.2, 0.25) is 0 Å². The first-order valence-electron chi connectivity index (χ1n) is 11.6. The number of anilines is 1. The lowest BCUT2D eigenvalue weighted by atomic mass is 9.91. The van der Waals surface area contributed by atoms with E-state index < -0.39 is 6.29 Å². The summed E-state index contributed by atoms with van der Waals surface area (Å²) in [5, 5.41) is 15.6. The van der Waals surface area contributed by atoms with Gasteiger partial charge in [-0.3, -0.25) is 0 Å². The van der Waals surface area contributed by atoms with Crippen LogP contribution in [-0.2, 0) is 16.1 Å². The number of benzene rings is 2. The molecule has 184 valence electrons. The zero-order valence-corrected chi connectivity index (χ0v) is 20.6. The molecule has 0 radical (unpaired) electrons. The van der Waals surface area contributed by atoms with Crippen LogP contribution in [0.3, 0.4) is 0 Å². The van der Waals surface area contributed by atoms with Gasteiger partial charge in [0.15, 0.2) is 11.4 Å². The van der Waals surface area contributed by atoms with Gasteiger partial charge in [0, 0.05) is 41.9 Å². The molecule has 0 aliphatic carbocycles. The molecule has 1 fully saturated rings. The van der Waals surface area contributed by atoms with Crippen molar-refractivity contribution >= 4 is 23.5 Å². The van der Waals surface area contributed by atoms with Crippen molar-refractivity contribution in [2.45, 2.75) is 44.1 Å². The molecule has 1 saturated heterocycles. The monoisotopic (exact) mass is 494 g/mol. The van der Waals surface area contributed by atoms with Crippen LogP contribution < -0.4 is 10.6 Å². The number of nitrogens with zero attached hydrogens (tertiary/aromatic N) is 2. The highest BCUT2D eigenvalue weighted by Crippen LogP contribution is 2.42. The molecule has 4 rings (SSSR count). The number of aliphatic hydroxyl groups is 1. The van der Waals surface area contributed by atoms with Crippen molar-refractivity contribution in [3.63, 3.8) is 0 Å². The molecular weight excluding hydrogens is 464 g/mol. The molecule has 0 spiro atoms. The van der Waals surface area contributed by atoms with Crippen LogP contribution >= 0.6 is 11.8 Å². The number of thioether (sulfide) groups is 1. The Morgan fingerprint density at radius 2 is 1.71 bits per heavy atom. The fraction of sp³-hybridized carbons (Fsp3) is 0.346. The predicted molar refractivity (Wildman–Crippen MR) is 135 cm³/mol. The molecule has 0 bridgehead atoms. The molecule has 9 heteroatoms. The van der Waals surface area contributed by atoms with Crippen molar-refractivity contribution in [3.05, 3.63) is 83.7 Å². The average Bonchev–Trinajstić information content (AvgIpc) is 2.89. The fourth-order valence-electron chi connectivity index (χ4n) is 3.89. The first kappa shape index (κ1) is 25.1. The van der Waals surface area contributed by atoms with Crippen molar-refractivity contribution < 1.29 is 19.4 Å². The maximum Gasteiger partial charge on any atom is 0.319 e. The second kappa shape index (κ2) is 12.1. The second-order valence-corrected chi connectivity index (χ2v) is 9.26. The Kier molecular flexibility index (Phi) is 8.70. The molecule has 1 aliphatic rings. The van der Waals surface area contributed by atoms with Crippen molar-refractivity contribution in [2.75, 3.05) is 17.6 Å². The molecule has 2 heterocycles. The Labute approximate surface area is 209 Å². The third-order valence-electron chi connectivity index (χ3n) is 5.82. The Morgan fingerprint density at radius 1 is 1.03 bits per heavy atom. The molecule has 1 aromatic heterocycles. The van der Waals surface area contributed by atoms with E-state index in [1.54, 1.807) is 30.2 Å². The number of nitrogens with one attached hydrogen (secondary N) is 2. The van der Waals surface area contributed by atoms with Gasteiger partial charge in [0.05, 0.1) is 18.8 Å². The average molecular weight is 495 g/mol. The zero-order chi connectivity index (χ0) is 24.6. The SMILES string of the molecule is CCNC(=O)Nc1ccc([C@H]2O[C@@H](CSc3ncccn3)[C@@H](C)[C@@H](c3ccc(CO)cc3)O2)cc1. The quantitative estimate of drug-likeness (QED) is 0.308. The maximum atomic E-state index is 11.8. The number of aliphatic hydroxyl groups excluding tert-OH is 1. The van der Waals surface area contributed by atoms with Crippen molar-refractivity contribution in [3.8, 4) is 0 Å². The van der Waals surface area contributed by atoms with Gasteiger partial charge in [-0.15, -0.1) is 0 Å². The highest BCUT2D eigenvalue weighted by atomic mass is 32.2. The lowest BCUT2D eigenvalue weighted by molar-refractivity contribution is -0.268. The minimum atomic E-state index is -0.575. The van der Waals surface area contributed by atoms with E-state index in [1.807, 2.05) is 55.5 Å². The third-order valence-corrected chi connectivity index (χ3v) is 6.78. The zero-order valence-electron chi connectivity index (χ0n) is 19.8. The number of carbonyl (C=O) groups is 1. The van der Waals surface area contributed by atoms with E-state index >= 15 is 0 Å². The summed E-state index contributed by atoms with van der Waals surface area (Å²) in [6.45, 7) is 4.55. The van der Waals surface area contributed by atoms with Gasteiger partial charge >= 0.3 is 6.03 Å². The van der Waals surface area contributed by atoms with Gasteiger partial charge in [-0.2, -0.15) is 0 Å². The summed E-state index contributed by atoms with van der Waals surface area (Å²) in [6, 6.07) is 16.9. The number of ether oxygens (including phenoxy) is 2. The summed E-state index contributed by atoms with van der Waals surface area (Å²) in [5.74, 6) is 0.744. The lowest BCUT2D eigenvalue weighted by Gasteiger charge is -2.41. The predicted octanol–water partition coefficient (Wildman–Crippen LogP) is 4.69. The van der Waals surface area contributed by atoms with Crippen molar-refractivity contribution in [1.29, 1.82) is 0 Å². The molecule has 3 N–H and O–H groups in total. The summed E-state index contributed by atoms with van der Waals surface area (Å²) < 4.78 is 12.9. The van der Waals surface area contributed by atoms with Gasteiger partial charge in [0.1, 0.15) is 0 Å². The molecule has 35 heavy (non-hydrogen) atoms. The van der Waals surface area contributed by atoms with Crippen LogP contribution in [0.5, 0.6) is 0 Å². The first-order valence-corrected chi connectivity index (χ1v) is 12.6. The Bertz CT molecular complexity index is 1080. The minimum absolute atomic E-state index is 0.0000965. The summed E-state index contributed by atoms with van der Waals surface area (Å²) >= 11 is 1.55. The maximum absolute atomic E-state index is 11.8. The second-order valence-electron chi connectivity index (χ2n) is 8.27. The highest BCUT2D eigenvalue weighted by molar-refractivity contribution is 7.99. The number of hydrogen-bond donors (Lipinski definition) is 3. The van der Waals surface area contributed by atoms with Gasteiger partial charge in [-0.25, -0.2) is 14.8 Å². The van der Waals surface area contributed by atoms with E-state index in [9.17, 15) is 9.90 Å². The summed E-state index contributed by atoms with van der Waals surface area (Å²) in [6.07, 6.45) is 2.58. The van der Waals surface area contributed by atoms with Gasteiger partial charge in [-0.1, -0.05) is 55.1 Å². The van der Waals surface area contributed by atoms with Crippen LogP contribution in [0.2, 0.25) is 0 Å². The van der Waals surface area contributed by atoms with Crippen LogP contribution in [0, 0.1) is 5.92 Å². The molecule has 2 amide bonds. The normalized spacial score (nSPS) is 21.9. The van der Waals surface area contributed by atoms with E-state index in [0.29, 0.717) is 23.1 Å². The van der Waals surface area contributed by atoms with Crippen molar-refractivity contribution in [1.82, 2.24) is 15.3 Å². The topological polar surface area (TPSA) is 106 Å². The fourth-order valence-corrected chi connectivity index (χ4v) is 4.85. The van der Waals surface area contributed by atoms with E-state index in [1.165, 1.54) is 0 Å². The Hall–Kier alpha value is -2.98. The molecule has 8 nitrogen and oxygen atoms in total. The number of carbonyl (C=O) groups excluding carboxylic acids is 1. The summed E-state index contributed by atoms with van der Waals surface area (Å²) in [4.78, 5) is 20.4. The summed E-state index contributed by atoms with van der Waals surface area (Å²) in [7, 11) is 0. The number of amides is 2. The molecule has 0 saturated carbocycles. The molecule has 2 aromatic carbocycles. The summed E-state index contributed by atoms with van der Waals surface area (Å²) in [5.41, 5.74) is 3.44. The Balaban J connectivity index is 1.54. The van der Waals surface area contributed by atoms with E-state index in [2.05, 4.69) is 27.5 Å². The molecule has 4 atom stereocenters. The number of urea groups is 1. The molecule has 1 aliphatic heterocycles. The highest BCUT2D eigenvalue weighted by Gasteiger charge is 2.38. The van der Waals surface area contributed by atoms with Gasteiger partial charge < -0.3 is 25.2 Å². The minimum Gasteiger partial charge on any atom is -0.392 e. The van der Waals surface area contributed by atoms with E-state index in [-0.39, 0.29) is 30.8 Å². The molecule has 0 unspecified atom stereocenters. The standard InChI is InChI=1S/C26H30N4O4S/c1-3-27-25(32)30-21-11-9-20(10-12-21)24-33-22(16-35-26-28-13-4-14-29-26)17(2)23(34-24)19-7-5-18(15-31)6-8-19/h4-14,17,22-24,31H,3,15-16H2,1-2H3,(H2,27,30,32)/t17-,22+,23+,24+/m1/s1. The number of hydrogen-bond acceptors (Lipinski definition) is 7. The van der Waals surface area contributed by atoms with Crippen molar-refractivity contribution in [2.24, 2.45) is 5.92 Å². The van der Waals surface area contributed by atoms with E-state index in [0.717, 1.165) is 16.7 Å².